The van der Waals surface area contributed by atoms with Crippen molar-refractivity contribution in [2.45, 2.75) is 13.0 Å². The van der Waals surface area contributed by atoms with E-state index in [-0.39, 0.29) is 12.1 Å². The van der Waals surface area contributed by atoms with Gasteiger partial charge in [-0.25, -0.2) is 4.79 Å². The summed E-state index contributed by atoms with van der Waals surface area (Å²) in [4.78, 5) is 12.1. The van der Waals surface area contributed by atoms with E-state index >= 15 is 0 Å². The van der Waals surface area contributed by atoms with Crippen LogP contribution in [0.1, 0.15) is 6.92 Å². The molecule has 1 atom stereocenters. The summed E-state index contributed by atoms with van der Waals surface area (Å²) in [5.74, 6) is 1.90. The summed E-state index contributed by atoms with van der Waals surface area (Å²) in [6, 6.07) is 14.1. The molecule has 6 nitrogen and oxygen atoms in total. The molecule has 2 aromatic rings. The Kier molecular flexibility index (Phi) is 6.31. The normalized spacial score (nSPS) is 11.3. The number of anilines is 1. The van der Waals surface area contributed by atoms with Gasteiger partial charge in [0.2, 0.25) is 0 Å². The van der Waals surface area contributed by atoms with Crippen molar-refractivity contribution in [1.82, 2.24) is 5.32 Å². The number of urea groups is 1. The van der Waals surface area contributed by atoms with Gasteiger partial charge < -0.3 is 24.8 Å². The van der Waals surface area contributed by atoms with Gasteiger partial charge in [-0.15, -0.1) is 0 Å². The van der Waals surface area contributed by atoms with Crippen LogP contribution in [-0.2, 0) is 0 Å². The highest BCUT2D eigenvalue weighted by molar-refractivity contribution is 5.91. The third kappa shape index (κ3) is 4.81. The van der Waals surface area contributed by atoms with Gasteiger partial charge in [-0.05, 0) is 31.2 Å². The standard InChI is InChI=1S/C18H22N2O4/c1-13(12-24-17-11-7-6-10-16(17)23-3)19-18(21)20-14-8-4-5-9-15(14)22-2/h4-11,13H,12H2,1-3H3,(H2,19,20,21). The second kappa shape index (κ2) is 8.67. The SMILES string of the molecule is COc1ccccc1NC(=O)NC(C)COc1ccccc1OC. The molecule has 2 N–H and O–H groups in total. The number of ether oxygens (including phenoxy) is 3. The number of nitrogens with one attached hydrogen (secondary N) is 2. The van der Waals surface area contributed by atoms with Crippen LogP contribution in [0.2, 0.25) is 0 Å². The highest BCUT2D eigenvalue weighted by atomic mass is 16.5. The van der Waals surface area contributed by atoms with Crippen molar-refractivity contribution in [2.75, 3.05) is 26.1 Å². The fourth-order valence-electron chi connectivity index (χ4n) is 2.12. The van der Waals surface area contributed by atoms with Crippen LogP contribution in [0.15, 0.2) is 48.5 Å². The van der Waals surface area contributed by atoms with Crippen molar-refractivity contribution in [3.05, 3.63) is 48.5 Å². The van der Waals surface area contributed by atoms with Crippen LogP contribution in [0, 0.1) is 0 Å². The average molecular weight is 330 g/mol. The molecule has 6 heteroatoms. The van der Waals surface area contributed by atoms with Crippen molar-refractivity contribution in [3.8, 4) is 17.2 Å². The van der Waals surface area contributed by atoms with Gasteiger partial charge in [0.15, 0.2) is 11.5 Å². The summed E-state index contributed by atoms with van der Waals surface area (Å²) in [5.41, 5.74) is 0.607. The maximum atomic E-state index is 12.1. The summed E-state index contributed by atoms with van der Waals surface area (Å²) in [5, 5.41) is 5.57. The number of methoxy groups -OCH3 is 2. The maximum Gasteiger partial charge on any atom is 0.319 e. The molecule has 0 aromatic heterocycles. The van der Waals surface area contributed by atoms with Gasteiger partial charge in [0.05, 0.1) is 25.9 Å². The number of hydrogen-bond donors (Lipinski definition) is 2. The van der Waals surface area contributed by atoms with E-state index in [1.54, 1.807) is 26.4 Å². The molecule has 0 aliphatic rings. The molecule has 1 unspecified atom stereocenters. The molecule has 0 bridgehead atoms. The van der Waals surface area contributed by atoms with Gasteiger partial charge in [-0.2, -0.15) is 0 Å². The van der Waals surface area contributed by atoms with Crippen LogP contribution >= 0.6 is 0 Å². The molecule has 0 radical (unpaired) electrons. The van der Waals surface area contributed by atoms with Crippen LogP contribution in [0.5, 0.6) is 17.2 Å². The number of carbonyl (C=O) groups excluding carboxylic acids is 1. The van der Waals surface area contributed by atoms with E-state index in [0.29, 0.717) is 29.5 Å². The molecule has 2 rings (SSSR count). The Morgan fingerprint density at radius 2 is 1.54 bits per heavy atom. The molecule has 0 aliphatic heterocycles. The first-order valence-electron chi connectivity index (χ1n) is 7.60. The van der Waals surface area contributed by atoms with Crippen LogP contribution in [0.3, 0.4) is 0 Å². The third-order valence-electron chi connectivity index (χ3n) is 3.29. The summed E-state index contributed by atoms with van der Waals surface area (Å²) >= 11 is 0. The van der Waals surface area contributed by atoms with E-state index in [9.17, 15) is 4.79 Å². The zero-order valence-electron chi connectivity index (χ0n) is 14.0. The molecular formula is C18H22N2O4. The predicted octanol–water partition coefficient (Wildman–Crippen LogP) is 3.29. The largest absolute Gasteiger partial charge is 0.495 e. The van der Waals surface area contributed by atoms with E-state index in [0.717, 1.165) is 0 Å². The monoisotopic (exact) mass is 330 g/mol. The van der Waals surface area contributed by atoms with Gasteiger partial charge >= 0.3 is 6.03 Å². The number of carbonyl (C=O) groups is 1. The van der Waals surface area contributed by atoms with Crippen molar-refractivity contribution >= 4 is 11.7 Å². The number of para-hydroxylation sites is 4. The van der Waals surface area contributed by atoms with E-state index in [1.807, 2.05) is 43.3 Å². The van der Waals surface area contributed by atoms with Crippen molar-refractivity contribution in [2.24, 2.45) is 0 Å². The van der Waals surface area contributed by atoms with Crippen LogP contribution in [-0.4, -0.2) is 32.9 Å². The molecule has 0 heterocycles. The zero-order valence-corrected chi connectivity index (χ0v) is 14.0. The lowest BCUT2D eigenvalue weighted by Crippen LogP contribution is -2.39. The van der Waals surface area contributed by atoms with Gasteiger partial charge in [-0.3, -0.25) is 0 Å². The van der Waals surface area contributed by atoms with Gasteiger partial charge in [0.1, 0.15) is 12.4 Å². The average Bonchev–Trinajstić information content (AvgIpc) is 2.60. The van der Waals surface area contributed by atoms with Crippen LogP contribution in [0.25, 0.3) is 0 Å². The smallest absolute Gasteiger partial charge is 0.319 e. The zero-order chi connectivity index (χ0) is 17.4. The van der Waals surface area contributed by atoms with Crippen molar-refractivity contribution in [3.63, 3.8) is 0 Å². The number of amides is 2. The Morgan fingerprint density at radius 3 is 2.21 bits per heavy atom. The van der Waals surface area contributed by atoms with Crippen LogP contribution in [0.4, 0.5) is 10.5 Å². The second-order valence-electron chi connectivity index (χ2n) is 5.16. The summed E-state index contributed by atoms with van der Waals surface area (Å²) in [7, 11) is 3.15. The van der Waals surface area contributed by atoms with Crippen molar-refractivity contribution < 1.29 is 19.0 Å². The third-order valence-corrected chi connectivity index (χ3v) is 3.29. The van der Waals surface area contributed by atoms with E-state index < -0.39 is 0 Å². The summed E-state index contributed by atoms with van der Waals surface area (Å²) < 4.78 is 16.1. The summed E-state index contributed by atoms with van der Waals surface area (Å²) in [6.07, 6.45) is 0. The number of rotatable bonds is 7. The van der Waals surface area contributed by atoms with E-state index in [4.69, 9.17) is 14.2 Å². The lowest BCUT2D eigenvalue weighted by atomic mass is 10.3. The Bertz CT molecular complexity index is 676. The minimum Gasteiger partial charge on any atom is -0.495 e. The maximum absolute atomic E-state index is 12.1. The van der Waals surface area contributed by atoms with E-state index in [1.165, 1.54) is 0 Å². The fourth-order valence-corrected chi connectivity index (χ4v) is 2.12. The molecule has 0 saturated heterocycles. The number of hydrogen-bond acceptors (Lipinski definition) is 4. The predicted molar refractivity (Wildman–Crippen MR) is 93.1 cm³/mol. The Morgan fingerprint density at radius 1 is 0.958 bits per heavy atom. The molecule has 24 heavy (non-hydrogen) atoms. The van der Waals surface area contributed by atoms with Gasteiger partial charge in [-0.1, -0.05) is 24.3 Å². The highest BCUT2D eigenvalue weighted by Gasteiger charge is 2.11. The molecule has 0 saturated carbocycles. The lowest BCUT2D eigenvalue weighted by molar-refractivity contribution is 0.233. The number of benzene rings is 2. The Balaban J connectivity index is 1.85. The minimum atomic E-state index is -0.323. The Labute approximate surface area is 141 Å². The lowest BCUT2D eigenvalue weighted by Gasteiger charge is -2.17. The minimum absolute atomic E-state index is 0.190. The van der Waals surface area contributed by atoms with E-state index in [2.05, 4.69) is 10.6 Å². The second-order valence-corrected chi connectivity index (χ2v) is 5.16. The van der Waals surface area contributed by atoms with Gasteiger partial charge in [0.25, 0.3) is 0 Å². The molecule has 0 fully saturated rings. The van der Waals surface area contributed by atoms with Crippen molar-refractivity contribution in [1.29, 1.82) is 0 Å². The van der Waals surface area contributed by atoms with Crippen LogP contribution < -0.4 is 24.8 Å². The molecule has 0 spiro atoms. The van der Waals surface area contributed by atoms with Gasteiger partial charge in [0, 0.05) is 0 Å². The fraction of sp³-hybridized carbons (Fsp3) is 0.278. The highest BCUT2D eigenvalue weighted by Crippen LogP contribution is 2.26. The molecule has 0 aliphatic carbocycles. The quantitative estimate of drug-likeness (QED) is 0.817. The molecule has 128 valence electrons. The summed E-state index contributed by atoms with van der Waals surface area (Å²) in [6.45, 7) is 2.18. The Hall–Kier alpha value is -2.89. The molecular weight excluding hydrogens is 308 g/mol. The topological polar surface area (TPSA) is 68.8 Å². The first-order valence-corrected chi connectivity index (χ1v) is 7.60. The first-order chi connectivity index (χ1) is 11.6. The molecule has 2 amide bonds. The molecule has 2 aromatic carbocycles. The first kappa shape index (κ1) is 17.5.